The second kappa shape index (κ2) is 17.6. The Bertz CT molecular complexity index is 4080. The molecule has 6 heteroatoms. The van der Waals surface area contributed by atoms with Gasteiger partial charge >= 0.3 is 21.1 Å². The molecule has 0 radical (unpaired) electrons. The van der Waals surface area contributed by atoms with Gasteiger partial charge < -0.3 is 18.4 Å². The maximum atomic E-state index is 7.25. The van der Waals surface area contributed by atoms with E-state index in [-0.39, 0.29) is 26.5 Å². The molecule has 0 amide bonds. The van der Waals surface area contributed by atoms with Gasteiger partial charge in [0.15, 0.2) is 0 Å². The molecule has 0 aliphatic rings. The van der Waals surface area contributed by atoms with Crippen LogP contribution >= 0.6 is 0 Å². The summed E-state index contributed by atoms with van der Waals surface area (Å²) < 4.78 is 16.1. The summed E-state index contributed by atoms with van der Waals surface area (Å²) in [5.74, 6) is 1.12. The van der Waals surface area contributed by atoms with Crippen LogP contribution in [0.25, 0.3) is 99.6 Å². The van der Waals surface area contributed by atoms with Gasteiger partial charge in [0.2, 0.25) is 0 Å². The Labute approximate surface area is 427 Å². The van der Waals surface area contributed by atoms with Crippen LogP contribution in [0.2, 0.25) is 0 Å². The quantitative estimate of drug-likeness (QED) is 0.110. The van der Waals surface area contributed by atoms with Crippen molar-refractivity contribution in [3.63, 3.8) is 0 Å². The largest absolute Gasteiger partial charge is 4.00 e. The molecule has 0 saturated carbocycles. The van der Waals surface area contributed by atoms with Gasteiger partial charge in [0, 0.05) is 38.8 Å². The summed E-state index contributed by atoms with van der Waals surface area (Å²) in [5, 5.41) is 4.50. The number of fused-ring (bicyclic) bond motifs is 7. The molecule has 0 fully saturated rings. The zero-order valence-electron chi connectivity index (χ0n) is 39.3. The van der Waals surface area contributed by atoms with Gasteiger partial charge in [0.1, 0.15) is 0 Å². The first-order chi connectivity index (χ1) is 34.4. The van der Waals surface area contributed by atoms with Gasteiger partial charge in [-0.05, 0) is 63.3 Å². The van der Waals surface area contributed by atoms with Gasteiger partial charge in [-0.25, -0.2) is 0 Å². The third-order valence-electron chi connectivity index (χ3n) is 13.5. The number of nitrogens with zero attached hydrogens (tertiary/aromatic N) is 4. The molecule has 5 nitrogen and oxygen atoms in total. The average Bonchev–Trinajstić information content (AvgIpc) is 4.07. The minimum atomic E-state index is -0.123. The van der Waals surface area contributed by atoms with Crippen LogP contribution in [0.1, 0.15) is 26.3 Å². The summed E-state index contributed by atoms with van der Waals surface area (Å²) >= 11 is 0. The fraction of sp³-hybridized carbons (Fsp3) is 0.0615. The summed E-state index contributed by atoms with van der Waals surface area (Å²) in [6.07, 6.45) is 3.72. The van der Waals surface area contributed by atoms with Crippen molar-refractivity contribution in [3.05, 3.63) is 248 Å². The fourth-order valence-electron chi connectivity index (χ4n) is 10.1. The Morgan fingerprint density at radius 3 is 1.73 bits per heavy atom. The predicted molar refractivity (Wildman–Crippen MR) is 285 cm³/mol. The molecule has 3 aromatic heterocycles. The zero-order chi connectivity index (χ0) is 46.9. The molecule has 0 saturated heterocycles. The van der Waals surface area contributed by atoms with E-state index >= 15 is 0 Å². The molecule has 0 N–H and O–H groups in total. The first kappa shape index (κ1) is 44.0. The third-order valence-corrected chi connectivity index (χ3v) is 13.5. The second-order valence-electron chi connectivity index (χ2n) is 18.9. The number of benzene rings is 10. The van der Waals surface area contributed by atoms with Gasteiger partial charge in [-0.15, -0.1) is 53.6 Å². The van der Waals surface area contributed by atoms with Crippen LogP contribution in [0.5, 0.6) is 11.5 Å². The van der Waals surface area contributed by atoms with Crippen LogP contribution in [-0.2, 0) is 26.5 Å². The first-order valence-electron chi connectivity index (χ1n) is 23.8. The van der Waals surface area contributed by atoms with Crippen molar-refractivity contribution < 1.29 is 30.4 Å². The van der Waals surface area contributed by atoms with Crippen LogP contribution in [-0.4, -0.2) is 13.7 Å². The predicted octanol–water partition coefficient (Wildman–Crippen LogP) is 15.7. The molecular formula is C65H45N4OPt+. The van der Waals surface area contributed by atoms with Crippen LogP contribution in [0.15, 0.2) is 218 Å². The smallest absolute Gasteiger partial charge is 0.508 e. The first-order valence-corrected chi connectivity index (χ1v) is 23.8. The van der Waals surface area contributed by atoms with Gasteiger partial charge in [-0.2, -0.15) is 12.1 Å². The number of ether oxygens (including phenoxy) is 1. The minimum Gasteiger partial charge on any atom is -0.508 e. The van der Waals surface area contributed by atoms with E-state index in [2.05, 4.69) is 270 Å². The van der Waals surface area contributed by atoms with Crippen molar-refractivity contribution in [2.75, 3.05) is 0 Å². The van der Waals surface area contributed by atoms with Gasteiger partial charge in [0.25, 0.3) is 6.33 Å². The van der Waals surface area contributed by atoms with Crippen molar-refractivity contribution in [2.45, 2.75) is 26.2 Å². The third kappa shape index (κ3) is 7.56. The SMILES string of the molecule is CC(C)(C)c1cc(-c2ccccc2)[c-]c(-n2c3[c-]c(Oc4[c-]c(-n5[c-][n+](-c6ccccc6-c6ccccc6)c6ccccc65)ccc4)c(-n4c5ccccc5c5ccccc54)cc3c3ccccc32)c1.[Pt+4]. The summed E-state index contributed by atoms with van der Waals surface area (Å²) in [5.41, 5.74) is 15.3. The molecule has 0 unspecified atom stereocenters. The molecule has 71 heavy (non-hydrogen) atoms. The van der Waals surface area contributed by atoms with Crippen molar-refractivity contribution in [3.8, 4) is 56.5 Å². The Morgan fingerprint density at radius 1 is 0.465 bits per heavy atom. The van der Waals surface area contributed by atoms with Crippen LogP contribution in [0, 0.1) is 24.5 Å². The van der Waals surface area contributed by atoms with Crippen molar-refractivity contribution in [1.29, 1.82) is 0 Å². The number of hydrogen-bond acceptors (Lipinski definition) is 1. The maximum absolute atomic E-state index is 7.25. The van der Waals surface area contributed by atoms with Gasteiger partial charge in [-0.1, -0.05) is 195 Å². The number of aromatic nitrogens is 4. The van der Waals surface area contributed by atoms with E-state index in [0.717, 1.165) is 88.9 Å². The molecule has 3 heterocycles. The molecule has 13 aromatic rings. The Hall–Kier alpha value is -8.24. The van der Waals surface area contributed by atoms with Crippen LogP contribution < -0.4 is 9.30 Å². The molecule has 0 spiro atoms. The van der Waals surface area contributed by atoms with E-state index < -0.39 is 0 Å². The van der Waals surface area contributed by atoms with E-state index in [1.807, 2.05) is 12.1 Å². The Balaban J connectivity index is 0.00000517. The molecule has 10 aromatic carbocycles. The molecule has 0 atom stereocenters. The number of hydrogen-bond donors (Lipinski definition) is 0. The van der Waals surface area contributed by atoms with E-state index in [1.165, 1.54) is 16.3 Å². The van der Waals surface area contributed by atoms with Gasteiger partial charge in [0.05, 0.1) is 16.7 Å². The molecular weight excluding hydrogens is 1050 g/mol. The zero-order valence-corrected chi connectivity index (χ0v) is 41.6. The summed E-state index contributed by atoms with van der Waals surface area (Å²) in [7, 11) is 0. The summed E-state index contributed by atoms with van der Waals surface area (Å²) in [6.45, 7) is 6.81. The van der Waals surface area contributed by atoms with Crippen molar-refractivity contribution in [1.82, 2.24) is 13.7 Å². The minimum absolute atomic E-state index is 0. The van der Waals surface area contributed by atoms with E-state index in [1.54, 1.807) is 0 Å². The fourth-order valence-corrected chi connectivity index (χ4v) is 10.1. The molecule has 340 valence electrons. The monoisotopic (exact) mass is 1090 g/mol. The molecule has 0 aliphatic heterocycles. The number of imidazole rings is 1. The van der Waals surface area contributed by atoms with Crippen LogP contribution in [0.4, 0.5) is 0 Å². The van der Waals surface area contributed by atoms with Crippen LogP contribution in [0.3, 0.4) is 0 Å². The Kier molecular flexibility index (Phi) is 10.9. The van der Waals surface area contributed by atoms with Crippen molar-refractivity contribution in [2.24, 2.45) is 0 Å². The summed E-state index contributed by atoms with van der Waals surface area (Å²) in [4.78, 5) is 0. The van der Waals surface area contributed by atoms with E-state index in [0.29, 0.717) is 11.5 Å². The number of para-hydroxylation sites is 6. The standard InChI is InChI=1S/C65H45N4O.Pt/c1-65(2,3)47-37-46(44-21-6-4-7-22-44)38-49(39-47)68-57-32-15-13-30-54(57)55-41-63(69-58-33-16-11-28-52(58)53-29-12-17-34-59(53)69)64(42-62(55)68)70-50-26-20-25-48(40-50)66-43-67(61-36-19-18-35-60(61)66)56-31-14-10-27-51(56)45-23-8-5-9-24-45;/h4-37,39,41H,1-3H3;/q-3;+4. The topological polar surface area (TPSA) is 27.9 Å². The average molecular weight is 1090 g/mol. The maximum Gasteiger partial charge on any atom is 4.00 e. The summed E-state index contributed by atoms with van der Waals surface area (Å²) in [6, 6.07) is 88.2. The molecule has 13 rings (SSSR count). The van der Waals surface area contributed by atoms with E-state index in [9.17, 15) is 0 Å². The molecule has 0 bridgehead atoms. The van der Waals surface area contributed by atoms with Gasteiger partial charge in [-0.3, -0.25) is 4.57 Å². The second-order valence-corrected chi connectivity index (χ2v) is 18.9. The number of rotatable bonds is 8. The normalized spacial score (nSPS) is 11.8. The molecule has 0 aliphatic carbocycles. The Morgan fingerprint density at radius 2 is 1.04 bits per heavy atom. The van der Waals surface area contributed by atoms with E-state index in [4.69, 9.17) is 4.74 Å². The van der Waals surface area contributed by atoms with Crippen molar-refractivity contribution >= 4 is 54.6 Å².